The minimum absolute atomic E-state index is 0.0407. The van der Waals surface area contributed by atoms with Crippen LogP contribution in [0.4, 0.5) is 5.69 Å². The minimum atomic E-state index is -0.393. The second-order valence-electron chi connectivity index (χ2n) is 4.89. The van der Waals surface area contributed by atoms with Gasteiger partial charge in [0.05, 0.1) is 13.0 Å². The first-order valence-electron chi connectivity index (χ1n) is 7.57. The van der Waals surface area contributed by atoms with E-state index in [0.29, 0.717) is 11.7 Å². The predicted octanol–water partition coefficient (Wildman–Crippen LogP) is 2.22. The largest absolute Gasteiger partial charge is 0.466 e. The number of hydrazine groups is 1. The van der Waals surface area contributed by atoms with Crippen molar-refractivity contribution < 1.29 is 14.3 Å². The molecule has 23 heavy (non-hydrogen) atoms. The molecular weight excluding hydrogens is 314 g/mol. The molecule has 0 fully saturated rings. The maximum atomic E-state index is 11.6. The number of amides is 1. The summed E-state index contributed by atoms with van der Waals surface area (Å²) in [5, 5.41) is 3.37. The molecule has 1 aromatic carbocycles. The van der Waals surface area contributed by atoms with Gasteiger partial charge in [-0.15, -0.1) is 0 Å². The van der Waals surface area contributed by atoms with Crippen molar-refractivity contribution in [2.24, 2.45) is 0 Å². The molecular formula is C16H23N3O3S. The van der Waals surface area contributed by atoms with Gasteiger partial charge in [-0.25, -0.2) is 0 Å². The summed E-state index contributed by atoms with van der Waals surface area (Å²) in [6.07, 6.45) is 0.955. The lowest BCUT2D eigenvalue weighted by Crippen LogP contribution is -2.44. The molecule has 0 saturated carbocycles. The Bertz CT molecular complexity index is 576. The number of carbonyl (C=O) groups is 2. The molecule has 0 aliphatic heterocycles. The molecule has 3 N–H and O–H groups in total. The van der Waals surface area contributed by atoms with Crippen molar-refractivity contribution in [3.05, 3.63) is 29.3 Å². The molecule has 0 radical (unpaired) electrons. The highest BCUT2D eigenvalue weighted by atomic mass is 32.1. The highest BCUT2D eigenvalue weighted by Crippen LogP contribution is 2.20. The highest BCUT2D eigenvalue weighted by Gasteiger charge is 2.09. The summed E-state index contributed by atoms with van der Waals surface area (Å²) in [5.74, 6) is -0.724. The number of ether oxygens (including phenoxy) is 1. The van der Waals surface area contributed by atoms with E-state index >= 15 is 0 Å². The number of para-hydroxylation sites is 1. The summed E-state index contributed by atoms with van der Waals surface area (Å²) >= 11 is 5.17. The fraction of sp³-hybridized carbons (Fsp3) is 0.438. The van der Waals surface area contributed by atoms with Crippen molar-refractivity contribution >= 4 is 34.9 Å². The number of carbonyl (C=O) groups excluding carboxylic acids is 2. The zero-order chi connectivity index (χ0) is 17.2. The van der Waals surface area contributed by atoms with E-state index in [1.54, 1.807) is 6.92 Å². The molecule has 0 atom stereocenters. The molecule has 0 spiro atoms. The smallest absolute Gasteiger partial charge is 0.306 e. The third kappa shape index (κ3) is 6.65. The van der Waals surface area contributed by atoms with Crippen LogP contribution >= 0.6 is 12.2 Å². The Morgan fingerprint density at radius 2 is 1.91 bits per heavy atom. The van der Waals surface area contributed by atoms with Gasteiger partial charge in [-0.1, -0.05) is 25.1 Å². The summed E-state index contributed by atoms with van der Waals surface area (Å²) in [6, 6.07) is 6.00. The van der Waals surface area contributed by atoms with Crippen molar-refractivity contribution in [2.45, 2.75) is 40.0 Å². The Morgan fingerprint density at radius 3 is 2.57 bits per heavy atom. The molecule has 126 valence electrons. The number of anilines is 1. The van der Waals surface area contributed by atoms with Gasteiger partial charge in [0.2, 0.25) is 5.91 Å². The van der Waals surface area contributed by atoms with E-state index < -0.39 is 5.97 Å². The van der Waals surface area contributed by atoms with Crippen LogP contribution in [0.15, 0.2) is 18.2 Å². The molecule has 7 heteroatoms. The lowest BCUT2D eigenvalue weighted by atomic mass is 10.1. The molecule has 0 saturated heterocycles. The van der Waals surface area contributed by atoms with Crippen LogP contribution in [0.2, 0.25) is 0 Å². The van der Waals surface area contributed by atoms with E-state index in [1.807, 2.05) is 25.1 Å². The summed E-state index contributed by atoms with van der Waals surface area (Å²) < 4.78 is 4.76. The standard InChI is InChI=1S/C16H23N3O3S/c1-4-12-8-6-7-11(3)15(12)17-16(23)19-18-13(20)9-10-14(21)22-5-2/h6-8H,4-5,9-10H2,1-3H3,(H,18,20)(H2,17,19,23). The summed E-state index contributed by atoms with van der Waals surface area (Å²) in [5.41, 5.74) is 8.24. The van der Waals surface area contributed by atoms with Gasteiger partial charge in [0.1, 0.15) is 0 Å². The highest BCUT2D eigenvalue weighted by molar-refractivity contribution is 7.80. The van der Waals surface area contributed by atoms with Gasteiger partial charge in [-0.3, -0.25) is 20.4 Å². The lowest BCUT2D eigenvalue weighted by Gasteiger charge is -2.16. The molecule has 1 rings (SSSR count). The summed E-state index contributed by atoms with van der Waals surface area (Å²) in [6.45, 7) is 6.08. The Hall–Kier alpha value is -2.15. The van der Waals surface area contributed by atoms with E-state index in [0.717, 1.165) is 23.2 Å². The zero-order valence-electron chi connectivity index (χ0n) is 13.7. The number of nitrogens with one attached hydrogen (secondary N) is 3. The first-order chi connectivity index (χ1) is 11.0. The Morgan fingerprint density at radius 1 is 1.17 bits per heavy atom. The van der Waals surface area contributed by atoms with E-state index in [-0.39, 0.29) is 18.7 Å². The molecule has 0 aliphatic rings. The van der Waals surface area contributed by atoms with Crippen LogP contribution in [-0.2, 0) is 20.7 Å². The second-order valence-corrected chi connectivity index (χ2v) is 5.30. The number of hydrogen-bond donors (Lipinski definition) is 3. The fourth-order valence-corrected chi connectivity index (χ4v) is 2.14. The summed E-state index contributed by atoms with van der Waals surface area (Å²) in [4.78, 5) is 22.8. The molecule has 0 unspecified atom stereocenters. The SMILES string of the molecule is CCOC(=O)CCC(=O)NNC(=S)Nc1c(C)cccc1CC. The van der Waals surface area contributed by atoms with Crippen molar-refractivity contribution in [3.8, 4) is 0 Å². The van der Waals surface area contributed by atoms with E-state index in [4.69, 9.17) is 17.0 Å². The number of aryl methyl sites for hydroxylation is 2. The van der Waals surface area contributed by atoms with Gasteiger partial charge >= 0.3 is 5.97 Å². The van der Waals surface area contributed by atoms with Gasteiger partial charge in [0, 0.05) is 12.1 Å². The van der Waals surface area contributed by atoms with Crippen LogP contribution in [0.3, 0.4) is 0 Å². The molecule has 0 aromatic heterocycles. The van der Waals surface area contributed by atoms with Crippen LogP contribution in [0.25, 0.3) is 0 Å². The molecule has 1 aromatic rings. The number of rotatable bonds is 6. The third-order valence-corrected chi connectivity index (χ3v) is 3.36. The molecule has 0 heterocycles. The topological polar surface area (TPSA) is 79.5 Å². The number of esters is 1. The second kappa shape index (κ2) is 9.78. The Labute approximate surface area is 141 Å². The van der Waals surface area contributed by atoms with Crippen molar-refractivity contribution in [3.63, 3.8) is 0 Å². The van der Waals surface area contributed by atoms with E-state index in [2.05, 4.69) is 23.1 Å². The van der Waals surface area contributed by atoms with Crippen molar-refractivity contribution in [1.82, 2.24) is 10.9 Å². The molecule has 0 aliphatic carbocycles. The summed E-state index contributed by atoms with van der Waals surface area (Å²) in [7, 11) is 0. The first kappa shape index (κ1) is 18.9. The normalized spacial score (nSPS) is 9.87. The van der Waals surface area contributed by atoms with Crippen LogP contribution in [0.1, 0.15) is 37.8 Å². The van der Waals surface area contributed by atoms with Gasteiger partial charge < -0.3 is 10.1 Å². The lowest BCUT2D eigenvalue weighted by molar-refractivity contribution is -0.144. The average molecular weight is 337 g/mol. The molecule has 0 bridgehead atoms. The number of benzene rings is 1. The Kier molecular flexibility index (Phi) is 8.04. The molecule has 1 amide bonds. The van der Waals surface area contributed by atoms with Crippen LogP contribution in [0, 0.1) is 6.92 Å². The first-order valence-corrected chi connectivity index (χ1v) is 7.98. The van der Waals surface area contributed by atoms with Gasteiger partial charge in [-0.05, 0) is 43.6 Å². The van der Waals surface area contributed by atoms with Crippen molar-refractivity contribution in [2.75, 3.05) is 11.9 Å². The average Bonchev–Trinajstić information content (AvgIpc) is 2.53. The minimum Gasteiger partial charge on any atom is -0.466 e. The maximum absolute atomic E-state index is 11.6. The maximum Gasteiger partial charge on any atom is 0.306 e. The zero-order valence-corrected chi connectivity index (χ0v) is 14.5. The van der Waals surface area contributed by atoms with Gasteiger partial charge in [0.15, 0.2) is 5.11 Å². The third-order valence-electron chi connectivity index (χ3n) is 3.16. The van der Waals surface area contributed by atoms with Gasteiger partial charge in [-0.2, -0.15) is 0 Å². The number of hydrogen-bond acceptors (Lipinski definition) is 4. The van der Waals surface area contributed by atoms with Crippen LogP contribution in [0.5, 0.6) is 0 Å². The monoisotopic (exact) mass is 337 g/mol. The van der Waals surface area contributed by atoms with Crippen molar-refractivity contribution in [1.29, 1.82) is 0 Å². The Balaban J connectivity index is 2.43. The predicted molar refractivity (Wildman–Crippen MR) is 93.9 cm³/mol. The van der Waals surface area contributed by atoms with E-state index in [9.17, 15) is 9.59 Å². The van der Waals surface area contributed by atoms with Crippen LogP contribution < -0.4 is 16.2 Å². The quantitative estimate of drug-likeness (QED) is 0.420. The molecule has 6 nitrogen and oxygen atoms in total. The van der Waals surface area contributed by atoms with E-state index in [1.165, 1.54) is 0 Å². The fourth-order valence-electron chi connectivity index (χ4n) is 1.98. The number of thiocarbonyl (C=S) groups is 1. The van der Waals surface area contributed by atoms with Gasteiger partial charge in [0.25, 0.3) is 0 Å². The van der Waals surface area contributed by atoms with Crippen LogP contribution in [-0.4, -0.2) is 23.6 Å².